The number of nitrogens with two attached hydrogens (primary N) is 1. The number of unbranched alkanes of at least 4 members (excludes halogenated alkanes) is 1. The van der Waals surface area contributed by atoms with Gasteiger partial charge in [0.15, 0.2) is 0 Å². The molecule has 0 unspecified atom stereocenters. The minimum absolute atomic E-state index is 0.337. The van der Waals surface area contributed by atoms with E-state index in [9.17, 15) is 13.6 Å². The lowest BCUT2D eigenvalue weighted by Crippen LogP contribution is -2.34. The number of fused-ring (bicyclic) bond motifs is 1. The van der Waals surface area contributed by atoms with E-state index < -0.39 is 29.4 Å². The topological polar surface area (TPSA) is 98.5 Å². The highest BCUT2D eigenvalue weighted by atomic mass is 79.9. The molecule has 0 saturated heterocycles. The van der Waals surface area contributed by atoms with Crippen LogP contribution in [0.5, 0.6) is 5.75 Å². The highest BCUT2D eigenvalue weighted by molar-refractivity contribution is 9.10. The standard InChI is InChI=1S/C26H31BrF2N4O3/c1-15(33-25(34)36-26(2,3)4)17-11-16(28)7-8-23(17)35-10-6-5-9-31-24-18-12-19(27)20(29)13-22(18)32-14-21(24)30/h7-8,11-15H,5-6,9-10,30H2,1-4H3,(H,31,32)(H,33,34)/t15-/m1/s1. The molecule has 3 rings (SSSR count). The Morgan fingerprint density at radius 1 is 1.19 bits per heavy atom. The van der Waals surface area contributed by atoms with Gasteiger partial charge in [-0.15, -0.1) is 0 Å². The number of anilines is 2. The molecule has 194 valence electrons. The lowest BCUT2D eigenvalue weighted by Gasteiger charge is -2.23. The maximum Gasteiger partial charge on any atom is 0.408 e. The molecule has 1 atom stereocenters. The van der Waals surface area contributed by atoms with Crippen LogP contribution in [0.2, 0.25) is 0 Å². The number of carbonyl (C=O) groups is 1. The number of hydrogen-bond acceptors (Lipinski definition) is 6. The Hall–Kier alpha value is -3.14. The molecule has 0 fully saturated rings. The van der Waals surface area contributed by atoms with E-state index in [4.69, 9.17) is 15.2 Å². The number of halogens is 3. The van der Waals surface area contributed by atoms with Gasteiger partial charge < -0.3 is 25.8 Å². The second-order valence-corrected chi connectivity index (χ2v) is 10.3. The largest absolute Gasteiger partial charge is 0.493 e. The summed E-state index contributed by atoms with van der Waals surface area (Å²) in [4.78, 5) is 16.3. The SMILES string of the molecule is C[C@@H](NC(=O)OC(C)(C)C)c1cc(F)ccc1OCCCCNc1c(N)cnc2cc(F)c(Br)cc12. The molecular formula is C26H31BrF2N4O3. The van der Waals surface area contributed by atoms with E-state index >= 15 is 0 Å². The molecule has 7 nitrogen and oxygen atoms in total. The molecule has 3 aromatic rings. The zero-order valence-electron chi connectivity index (χ0n) is 20.8. The molecule has 0 saturated carbocycles. The molecule has 0 aliphatic heterocycles. The molecule has 0 aliphatic carbocycles. The number of hydrogen-bond donors (Lipinski definition) is 3. The molecule has 0 spiro atoms. The van der Waals surface area contributed by atoms with Crippen LogP contribution in [0.3, 0.4) is 0 Å². The number of rotatable bonds is 9. The van der Waals surface area contributed by atoms with Gasteiger partial charge >= 0.3 is 6.09 Å². The van der Waals surface area contributed by atoms with Gasteiger partial charge in [0.25, 0.3) is 0 Å². The number of aromatic nitrogens is 1. The van der Waals surface area contributed by atoms with Gasteiger partial charge in [-0.3, -0.25) is 4.98 Å². The van der Waals surface area contributed by atoms with Crippen LogP contribution < -0.4 is 21.1 Å². The molecule has 1 amide bonds. The number of nitrogen functional groups attached to an aromatic ring is 1. The molecule has 0 aliphatic rings. The minimum atomic E-state index is -0.640. The third kappa shape index (κ3) is 7.43. The van der Waals surface area contributed by atoms with E-state index in [0.29, 0.717) is 52.2 Å². The van der Waals surface area contributed by atoms with Crippen molar-refractivity contribution >= 4 is 44.3 Å². The van der Waals surface area contributed by atoms with Gasteiger partial charge in [-0.05, 0) is 80.7 Å². The minimum Gasteiger partial charge on any atom is -0.493 e. The van der Waals surface area contributed by atoms with E-state index in [0.717, 1.165) is 11.8 Å². The van der Waals surface area contributed by atoms with Crippen LogP contribution in [0.1, 0.15) is 52.1 Å². The first kappa shape index (κ1) is 27.4. The van der Waals surface area contributed by atoms with Crippen molar-refractivity contribution in [1.29, 1.82) is 0 Å². The Labute approximate surface area is 217 Å². The third-order valence-corrected chi connectivity index (χ3v) is 5.85. The van der Waals surface area contributed by atoms with Gasteiger partial charge in [0.05, 0.1) is 40.2 Å². The molecule has 4 N–H and O–H groups in total. The van der Waals surface area contributed by atoms with Crippen molar-refractivity contribution in [1.82, 2.24) is 10.3 Å². The number of pyridine rings is 1. The summed E-state index contributed by atoms with van der Waals surface area (Å²) in [5.41, 5.74) is 7.65. The summed E-state index contributed by atoms with van der Waals surface area (Å²) in [7, 11) is 0. The highest BCUT2D eigenvalue weighted by Crippen LogP contribution is 2.32. The van der Waals surface area contributed by atoms with E-state index in [2.05, 4.69) is 31.5 Å². The number of nitrogens with one attached hydrogen (secondary N) is 2. The van der Waals surface area contributed by atoms with Crippen molar-refractivity contribution in [3.05, 3.63) is 58.2 Å². The van der Waals surface area contributed by atoms with Crippen molar-refractivity contribution in [2.45, 2.75) is 52.2 Å². The maximum atomic E-state index is 13.9. The van der Waals surface area contributed by atoms with Gasteiger partial charge in [0.1, 0.15) is 23.0 Å². The molecule has 36 heavy (non-hydrogen) atoms. The van der Waals surface area contributed by atoms with Gasteiger partial charge in [0.2, 0.25) is 0 Å². The smallest absolute Gasteiger partial charge is 0.408 e. The van der Waals surface area contributed by atoms with Crippen LogP contribution in [-0.4, -0.2) is 29.8 Å². The molecule has 0 bridgehead atoms. The van der Waals surface area contributed by atoms with Crippen molar-refractivity contribution in [3.63, 3.8) is 0 Å². The van der Waals surface area contributed by atoms with Gasteiger partial charge in [-0.25, -0.2) is 13.6 Å². The lowest BCUT2D eigenvalue weighted by molar-refractivity contribution is 0.0507. The molecular weight excluding hydrogens is 534 g/mol. The third-order valence-electron chi connectivity index (χ3n) is 5.24. The van der Waals surface area contributed by atoms with E-state index in [1.54, 1.807) is 39.8 Å². The molecule has 1 heterocycles. The van der Waals surface area contributed by atoms with Crippen molar-refractivity contribution in [2.75, 3.05) is 24.2 Å². The maximum absolute atomic E-state index is 13.9. The van der Waals surface area contributed by atoms with Gasteiger partial charge in [0, 0.05) is 23.6 Å². The average molecular weight is 565 g/mol. The Morgan fingerprint density at radius 3 is 2.67 bits per heavy atom. The number of amides is 1. The van der Waals surface area contributed by atoms with Crippen molar-refractivity contribution in [2.24, 2.45) is 0 Å². The van der Waals surface area contributed by atoms with Crippen LogP contribution >= 0.6 is 15.9 Å². The predicted octanol–water partition coefficient (Wildman–Crippen LogP) is 6.71. The summed E-state index contributed by atoms with van der Waals surface area (Å²) in [5.74, 6) is -0.323. The second-order valence-electron chi connectivity index (χ2n) is 9.40. The second kappa shape index (κ2) is 11.7. The zero-order valence-corrected chi connectivity index (χ0v) is 22.3. The summed E-state index contributed by atoms with van der Waals surface area (Å²) < 4.78 is 39.3. The summed E-state index contributed by atoms with van der Waals surface area (Å²) in [5, 5.41) is 6.74. The molecule has 0 radical (unpaired) electrons. The number of benzene rings is 2. The van der Waals surface area contributed by atoms with Crippen molar-refractivity contribution in [3.8, 4) is 5.75 Å². The summed E-state index contributed by atoms with van der Waals surface area (Å²) in [6.45, 7) is 8.05. The zero-order chi connectivity index (χ0) is 26.5. The Kier molecular flexibility index (Phi) is 8.94. The summed E-state index contributed by atoms with van der Waals surface area (Å²) in [6, 6.07) is 6.71. The Morgan fingerprint density at radius 2 is 1.94 bits per heavy atom. The lowest BCUT2D eigenvalue weighted by atomic mass is 10.1. The number of alkyl carbamates (subject to hydrolysis) is 1. The monoisotopic (exact) mass is 564 g/mol. The molecule has 1 aromatic heterocycles. The highest BCUT2D eigenvalue weighted by Gasteiger charge is 2.20. The quantitative estimate of drug-likeness (QED) is 0.250. The predicted molar refractivity (Wildman–Crippen MR) is 141 cm³/mol. The fraction of sp³-hybridized carbons (Fsp3) is 0.385. The number of nitrogens with zero attached hydrogens (tertiary/aromatic N) is 1. The van der Waals surface area contributed by atoms with Crippen molar-refractivity contribution < 1.29 is 23.0 Å². The van der Waals surface area contributed by atoms with Crippen LogP contribution in [0, 0.1) is 11.6 Å². The molecule has 2 aromatic carbocycles. The Balaban J connectivity index is 1.55. The van der Waals surface area contributed by atoms with E-state index in [1.165, 1.54) is 24.4 Å². The summed E-state index contributed by atoms with van der Waals surface area (Å²) in [6.07, 6.45) is 2.38. The van der Waals surface area contributed by atoms with Crippen LogP contribution in [0.15, 0.2) is 41.0 Å². The van der Waals surface area contributed by atoms with Gasteiger partial charge in [-0.2, -0.15) is 0 Å². The number of ether oxygens (including phenoxy) is 2. The van der Waals surface area contributed by atoms with Crippen LogP contribution in [-0.2, 0) is 4.74 Å². The fourth-order valence-corrected chi connectivity index (χ4v) is 3.92. The fourth-order valence-electron chi connectivity index (χ4n) is 3.57. The van der Waals surface area contributed by atoms with E-state index in [1.807, 2.05) is 0 Å². The average Bonchev–Trinajstić information content (AvgIpc) is 2.78. The van der Waals surface area contributed by atoms with Crippen LogP contribution in [0.25, 0.3) is 10.9 Å². The van der Waals surface area contributed by atoms with Gasteiger partial charge in [-0.1, -0.05) is 0 Å². The normalized spacial score (nSPS) is 12.3. The first-order valence-electron chi connectivity index (χ1n) is 11.6. The first-order chi connectivity index (χ1) is 16.9. The molecule has 10 heteroatoms. The first-order valence-corrected chi connectivity index (χ1v) is 12.4. The van der Waals surface area contributed by atoms with Crippen LogP contribution in [0.4, 0.5) is 25.0 Å². The Bertz CT molecular complexity index is 1230. The summed E-state index contributed by atoms with van der Waals surface area (Å²) >= 11 is 3.20. The van der Waals surface area contributed by atoms with E-state index in [-0.39, 0.29) is 0 Å². The number of carbonyl (C=O) groups excluding carboxylic acids is 1.